The lowest BCUT2D eigenvalue weighted by Crippen LogP contribution is -2.44. The summed E-state index contributed by atoms with van der Waals surface area (Å²) in [6.45, 7) is 4.62. The molecule has 3 amide bonds. The van der Waals surface area contributed by atoms with Crippen LogP contribution in [0, 0.1) is 5.92 Å². The van der Waals surface area contributed by atoms with E-state index < -0.39 is 0 Å². The number of likely N-dealkylation sites (tertiary alicyclic amines) is 1. The van der Waals surface area contributed by atoms with Gasteiger partial charge in [0, 0.05) is 44.3 Å². The first kappa shape index (κ1) is 20.3. The second-order valence-electron chi connectivity index (χ2n) is 8.18. The number of rotatable bonds is 5. The number of amides is 3. The van der Waals surface area contributed by atoms with E-state index in [2.05, 4.69) is 10.2 Å². The van der Waals surface area contributed by atoms with Crippen LogP contribution in [-0.2, 0) is 4.79 Å². The lowest BCUT2D eigenvalue weighted by molar-refractivity contribution is -0.132. The van der Waals surface area contributed by atoms with Crippen molar-refractivity contribution < 1.29 is 14.3 Å². The number of ether oxygens (including phenoxy) is 1. The zero-order valence-corrected chi connectivity index (χ0v) is 17.7. The SMILES string of the molecule is COc1ccc(Cl)cc1NC(=O)N1CCCN(C2CCN(CC3CC3)C2=O)CC1. The second-order valence-corrected chi connectivity index (χ2v) is 8.62. The van der Waals surface area contributed by atoms with Gasteiger partial charge in [-0.2, -0.15) is 0 Å². The summed E-state index contributed by atoms with van der Waals surface area (Å²) in [6, 6.07) is 4.96. The Morgan fingerprint density at radius 2 is 2.00 bits per heavy atom. The highest BCUT2D eigenvalue weighted by molar-refractivity contribution is 6.31. The average molecular weight is 421 g/mol. The van der Waals surface area contributed by atoms with E-state index >= 15 is 0 Å². The third-order valence-electron chi connectivity index (χ3n) is 6.11. The fourth-order valence-corrected chi connectivity index (χ4v) is 4.45. The van der Waals surface area contributed by atoms with Gasteiger partial charge < -0.3 is 19.9 Å². The number of carbonyl (C=O) groups excluding carboxylic acids is 2. The Balaban J connectivity index is 1.33. The van der Waals surface area contributed by atoms with E-state index in [9.17, 15) is 9.59 Å². The number of nitrogens with one attached hydrogen (secondary N) is 1. The topological polar surface area (TPSA) is 65.1 Å². The van der Waals surface area contributed by atoms with Crippen LogP contribution in [0.2, 0.25) is 5.02 Å². The van der Waals surface area contributed by atoms with E-state index in [1.54, 1.807) is 25.3 Å². The Bertz CT molecular complexity index is 770. The summed E-state index contributed by atoms with van der Waals surface area (Å²) in [4.78, 5) is 31.7. The molecule has 1 atom stereocenters. The molecule has 0 bridgehead atoms. The summed E-state index contributed by atoms with van der Waals surface area (Å²) >= 11 is 6.06. The molecule has 1 unspecified atom stereocenters. The number of urea groups is 1. The quantitative estimate of drug-likeness (QED) is 0.795. The molecule has 158 valence electrons. The van der Waals surface area contributed by atoms with Gasteiger partial charge in [-0.1, -0.05) is 11.6 Å². The third kappa shape index (κ3) is 4.78. The Morgan fingerprint density at radius 1 is 1.17 bits per heavy atom. The Labute approximate surface area is 176 Å². The van der Waals surface area contributed by atoms with Crippen molar-refractivity contribution >= 4 is 29.2 Å². The summed E-state index contributed by atoms with van der Waals surface area (Å²) < 4.78 is 5.31. The molecule has 7 nitrogen and oxygen atoms in total. The van der Waals surface area contributed by atoms with Gasteiger partial charge in [0.2, 0.25) is 5.91 Å². The molecule has 1 aromatic carbocycles. The van der Waals surface area contributed by atoms with Crippen molar-refractivity contribution in [3.63, 3.8) is 0 Å². The second kappa shape index (κ2) is 8.79. The minimum absolute atomic E-state index is 0.0233. The molecule has 0 radical (unpaired) electrons. The number of nitrogens with zero attached hydrogens (tertiary/aromatic N) is 3. The minimum Gasteiger partial charge on any atom is -0.495 e. The smallest absolute Gasteiger partial charge is 0.321 e. The molecule has 29 heavy (non-hydrogen) atoms. The molecule has 1 saturated carbocycles. The van der Waals surface area contributed by atoms with Crippen LogP contribution >= 0.6 is 11.6 Å². The normalized spacial score (nSPS) is 23.2. The summed E-state index contributed by atoms with van der Waals surface area (Å²) in [5.41, 5.74) is 0.563. The van der Waals surface area contributed by atoms with Crippen molar-refractivity contribution in [3.05, 3.63) is 23.2 Å². The number of hydrogen-bond donors (Lipinski definition) is 1. The summed E-state index contributed by atoms with van der Waals surface area (Å²) in [5, 5.41) is 3.45. The van der Waals surface area contributed by atoms with E-state index in [0.29, 0.717) is 36.1 Å². The molecule has 1 aromatic rings. The van der Waals surface area contributed by atoms with Crippen LogP contribution in [0.4, 0.5) is 10.5 Å². The van der Waals surface area contributed by atoms with Crippen molar-refractivity contribution in [2.75, 3.05) is 51.7 Å². The largest absolute Gasteiger partial charge is 0.495 e. The third-order valence-corrected chi connectivity index (χ3v) is 6.34. The molecule has 0 spiro atoms. The predicted molar refractivity (Wildman–Crippen MR) is 112 cm³/mol. The van der Waals surface area contributed by atoms with Crippen molar-refractivity contribution in [1.29, 1.82) is 0 Å². The predicted octanol–water partition coefficient (Wildman–Crippen LogP) is 2.90. The van der Waals surface area contributed by atoms with Gasteiger partial charge in [-0.05, 0) is 49.8 Å². The Hall–Kier alpha value is -1.99. The van der Waals surface area contributed by atoms with Gasteiger partial charge in [0.15, 0.2) is 0 Å². The number of hydrogen-bond acceptors (Lipinski definition) is 4. The molecule has 0 aromatic heterocycles. The van der Waals surface area contributed by atoms with E-state index in [1.807, 2.05) is 9.80 Å². The highest BCUT2D eigenvalue weighted by Gasteiger charge is 2.38. The molecule has 8 heteroatoms. The van der Waals surface area contributed by atoms with Gasteiger partial charge in [0.25, 0.3) is 0 Å². The lowest BCUT2D eigenvalue weighted by atomic mass is 10.2. The highest BCUT2D eigenvalue weighted by Crippen LogP contribution is 2.32. The first-order valence-electron chi connectivity index (χ1n) is 10.5. The van der Waals surface area contributed by atoms with Gasteiger partial charge >= 0.3 is 6.03 Å². The van der Waals surface area contributed by atoms with Crippen LogP contribution in [0.15, 0.2) is 18.2 Å². The molecule has 4 rings (SSSR count). The van der Waals surface area contributed by atoms with Crippen molar-refractivity contribution in [2.45, 2.75) is 31.7 Å². The van der Waals surface area contributed by atoms with Gasteiger partial charge in [-0.15, -0.1) is 0 Å². The molecule has 2 heterocycles. The van der Waals surface area contributed by atoms with E-state index in [0.717, 1.165) is 38.4 Å². The molecular weight excluding hydrogens is 392 g/mol. The lowest BCUT2D eigenvalue weighted by Gasteiger charge is -2.27. The Morgan fingerprint density at radius 3 is 2.76 bits per heavy atom. The van der Waals surface area contributed by atoms with Crippen molar-refractivity contribution in [2.24, 2.45) is 5.92 Å². The molecule has 2 aliphatic heterocycles. The minimum atomic E-state index is -0.166. The van der Waals surface area contributed by atoms with Crippen LogP contribution in [-0.4, -0.2) is 79.1 Å². The first-order chi connectivity index (χ1) is 14.0. The van der Waals surface area contributed by atoms with E-state index in [-0.39, 0.29) is 18.0 Å². The number of halogens is 1. The molecule has 3 fully saturated rings. The summed E-state index contributed by atoms with van der Waals surface area (Å²) in [6.07, 6.45) is 4.28. The number of anilines is 1. The fourth-order valence-electron chi connectivity index (χ4n) is 4.28. The zero-order chi connectivity index (χ0) is 20.4. The van der Waals surface area contributed by atoms with Crippen molar-refractivity contribution in [3.8, 4) is 5.75 Å². The van der Waals surface area contributed by atoms with Gasteiger partial charge in [0.1, 0.15) is 5.75 Å². The fraction of sp³-hybridized carbons (Fsp3) is 0.619. The number of methoxy groups -OCH3 is 1. The molecule has 3 aliphatic rings. The van der Waals surface area contributed by atoms with Gasteiger partial charge in [-0.25, -0.2) is 4.79 Å². The standard InChI is InChI=1S/C21H29ClN4O3/c1-29-19-6-5-16(22)13-17(19)23-21(28)25-9-2-8-24(11-12-25)18-7-10-26(20(18)27)14-15-3-4-15/h5-6,13,15,18H,2-4,7-12,14H2,1H3,(H,23,28). The molecule has 1 aliphatic carbocycles. The summed E-state index contributed by atoms with van der Waals surface area (Å²) in [7, 11) is 1.56. The maximum atomic E-state index is 12.8. The maximum Gasteiger partial charge on any atom is 0.321 e. The molecule has 2 saturated heterocycles. The molecular formula is C21H29ClN4O3. The van der Waals surface area contributed by atoms with Crippen LogP contribution in [0.25, 0.3) is 0 Å². The van der Waals surface area contributed by atoms with Gasteiger partial charge in [0.05, 0.1) is 18.8 Å². The van der Waals surface area contributed by atoms with Crippen LogP contribution in [0.1, 0.15) is 25.7 Å². The molecule has 1 N–H and O–H groups in total. The first-order valence-corrected chi connectivity index (χ1v) is 10.9. The van der Waals surface area contributed by atoms with Crippen LogP contribution in [0.3, 0.4) is 0 Å². The average Bonchev–Trinajstić information content (AvgIpc) is 3.49. The zero-order valence-electron chi connectivity index (χ0n) is 16.9. The Kier molecular flexibility index (Phi) is 6.15. The van der Waals surface area contributed by atoms with Crippen LogP contribution in [0.5, 0.6) is 5.75 Å². The van der Waals surface area contributed by atoms with E-state index in [4.69, 9.17) is 16.3 Å². The number of carbonyl (C=O) groups is 2. The monoisotopic (exact) mass is 420 g/mol. The van der Waals surface area contributed by atoms with Crippen molar-refractivity contribution in [1.82, 2.24) is 14.7 Å². The maximum absolute atomic E-state index is 12.8. The van der Waals surface area contributed by atoms with E-state index in [1.165, 1.54) is 12.8 Å². The summed E-state index contributed by atoms with van der Waals surface area (Å²) in [5.74, 6) is 1.58. The van der Waals surface area contributed by atoms with Crippen LogP contribution < -0.4 is 10.1 Å². The highest BCUT2D eigenvalue weighted by atomic mass is 35.5. The van der Waals surface area contributed by atoms with Gasteiger partial charge in [-0.3, -0.25) is 9.69 Å². The number of benzene rings is 1.